The molecule has 9 heteroatoms. The SMILES string of the molecule is CCCCC(NC(=O)OCc1ccccc1)(NC(=O)OC(C)(C)C)C(=O)NCc1ccc(F)cc1. The molecular formula is C26H34FN3O5. The highest BCUT2D eigenvalue weighted by Gasteiger charge is 2.42. The lowest BCUT2D eigenvalue weighted by Crippen LogP contribution is -2.68. The number of hydrogen-bond acceptors (Lipinski definition) is 5. The van der Waals surface area contributed by atoms with Gasteiger partial charge in [0, 0.05) is 6.54 Å². The van der Waals surface area contributed by atoms with Crippen LogP contribution in [0.1, 0.15) is 58.1 Å². The van der Waals surface area contributed by atoms with Gasteiger partial charge in [-0.2, -0.15) is 0 Å². The van der Waals surface area contributed by atoms with Gasteiger partial charge in [0.05, 0.1) is 0 Å². The quantitative estimate of drug-likeness (QED) is 0.418. The number of carbonyl (C=O) groups is 3. The van der Waals surface area contributed by atoms with Gasteiger partial charge in [0.2, 0.25) is 0 Å². The highest BCUT2D eigenvalue weighted by molar-refractivity contribution is 5.92. The predicted molar refractivity (Wildman–Crippen MR) is 130 cm³/mol. The van der Waals surface area contributed by atoms with Gasteiger partial charge in [0.15, 0.2) is 5.66 Å². The number of carbonyl (C=O) groups excluding carboxylic acids is 3. The zero-order chi connectivity index (χ0) is 25.9. The Bertz CT molecular complexity index is 977. The monoisotopic (exact) mass is 487 g/mol. The standard InChI is InChI=1S/C26H34FN3O5/c1-5-6-16-26(30-24(33)35-25(2,3)4,22(31)28-17-19-12-14-21(27)15-13-19)29-23(32)34-18-20-10-8-7-9-11-20/h7-15H,5-6,16-18H2,1-4H3,(H,28,31)(H,29,32)(H,30,33). The Labute approximate surface area is 205 Å². The topological polar surface area (TPSA) is 106 Å². The second-order valence-electron chi connectivity index (χ2n) is 9.13. The molecule has 1 atom stereocenters. The minimum Gasteiger partial charge on any atom is -0.445 e. The minimum atomic E-state index is -1.83. The lowest BCUT2D eigenvalue weighted by Gasteiger charge is -2.34. The molecule has 0 aliphatic carbocycles. The number of hydrogen-bond donors (Lipinski definition) is 3. The molecule has 0 aliphatic heterocycles. The van der Waals surface area contributed by atoms with Crippen LogP contribution in [0, 0.1) is 5.82 Å². The zero-order valence-corrected chi connectivity index (χ0v) is 20.7. The number of benzene rings is 2. The summed E-state index contributed by atoms with van der Waals surface area (Å²) in [6.07, 6.45) is -0.437. The smallest absolute Gasteiger partial charge is 0.409 e. The first-order chi connectivity index (χ1) is 16.5. The summed E-state index contributed by atoms with van der Waals surface area (Å²) in [7, 11) is 0. The molecule has 35 heavy (non-hydrogen) atoms. The van der Waals surface area contributed by atoms with E-state index in [0.29, 0.717) is 18.4 Å². The van der Waals surface area contributed by atoms with Gasteiger partial charge in [-0.1, -0.05) is 55.8 Å². The first kappa shape index (κ1) is 27.6. The van der Waals surface area contributed by atoms with E-state index in [1.54, 1.807) is 32.9 Å². The molecule has 2 aromatic rings. The van der Waals surface area contributed by atoms with E-state index in [0.717, 1.165) is 5.56 Å². The summed E-state index contributed by atoms with van der Waals surface area (Å²) in [5.74, 6) is -1.05. The normalized spacial score (nSPS) is 12.7. The van der Waals surface area contributed by atoms with E-state index in [9.17, 15) is 18.8 Å². The van der Waals surface area contributed by atoms with Crippen LogP contribution in [0.2, 0.25) is 0 Å². The van der Waals surface area contributed by atoms with E-state index >= 15 is 0 Å². The van der Waals surface area contributed by atoms with Crippen LogP contribution in [0.25, 0.3) is 0 Å². The van der Waals surface area contributed by atoms with Crippen LogP contribution in [0.4, 0.5) is 14.0 Å². The molecule has 0 fully saturated rings. The Balaban J connectivity index is 2.23. The summed E-state index contributed by atoms with van der Waals surface area (Å²) in [6.45, 7) is 7.04. The Hall–Kier alpha value is -3.62. The fourth-order valence-corrected chi connectivity index (χ4v) is 3.17. The molecule has 8 nitrogen and oxygen atoms in total. The summed E-state index contributed by atoms with van der Waals surface area (Å²) in [5.41, 5.74) is -1.23. The molecule has 1 unspecified atom stereocenters. The summed E-state index contributed by atoms with van der Waals surface area (Å²) in [6, 6.07) is 14.7. The summed E-state index contributed by atoms with van der Waals surface area (Å²) in [4.78, 5) is 38.8. The summed E-state index contributed by atoms with van der Waals surface area (Å²) >= 11 is 0. The van der Waals surface area contributed by atoms with Crippen molar-refractivity contribution < 1.29 is 28.2 Å². The summed E-state index contributed by atoms with van der Waals surface area (Å²) < 4.78 is 23.9. The van der Waals surface area contributed by atoms with Gasteiger partial charge in [0.25, 0.3) is 5.91 Å². The first-order valence-electron chi connectivity index (χ1n) is 11.6. The molecule has 3 amide bonds. The number of nitrogens with one attached hydrogen (secondary N) is 3. The van der Waals surface area contributed by atoms with Crippen molar-refractivity contribution >= 4 is 18.1 Å². The molecule has 0 aromatic heterocycles. The number of alkyl carbamates (subject to hydrolysis) is 2. The van der Waals surface area contributed by atoms with E-state index < -0.39 is 35.2 Å². The largest absolute Gasteiger partial charge is 0.445 e. The van der Waals surface area contributed by atoms with Crippen molar-refractivity contribution in [1.29, 1.82) is 0 Å². The number of ether oxygens (including phenoxy) is 2. The molecule has 0 aliphatic rings. The van der Waals surface area contributed by atoms with Gasteiger partial charge in [-0.25, -0.2) is 14.0 Å². The molecule has 0 heterocycles. The Morgan fingerprint density at radius 2 is 1.51 bits per heavy atom. The van der Waals surface area contributed by atoms with E-state index in [2.05, 4.69) is 16.0 Å². The zero-order valence-electron chi connectivity index (χ0n) is 20.7. The van der Waals surface area contributed by atoms with Gasteiger partial charge in [0.1, 0.15) is 18.0 Å². The second kappa shape index (κ2) is 12.7. The van der Waals surface area contributed by atoms with Gasteiger partial charge < -0.3 is 14.8 Å². The maximum absolute atomic E-state index is 13.4. The van der Waals surface area contributed by atoms with Crippen LogP contribution in [0.15, 0.2) is 54.6 Å². The van der Waals surface area contributed by atoms with Crippen molar-refractivity contribution in [3.63, 3.8) is 0 Å². The number of halogens is 1. The molecular weight excluding hydrogens is 453 g/mol. The Morgan fingerprint density at radius 3 is 2.11 bits per heavy atom. The highest BCUT2D eigenvalue weighted by atomic mass is 19.1. The third-order valence-electron chi connectivity index (χ3n) is 4.90. The number of amides is 3. The van der Waals surface area contributed by atoms with Gasteiger partial charge in [-0.05, 0) is 56.9 Å². The first-order valence-corrected chi connectivity index (χ1v) is 11.6. The molecule has 3 N–H and O–H groups in total. The molecule has 0 saturated heterocycles. The van der Waals surface area contributed by atoms with Crippen LogP contribution in [-0.4, -0.2) is 29.4 Å². The maximum atomic E-state index is 13.4. The predicted octanol–water partition coefficient (Wildman–Crippen LogP) is 4.78. The fourth-order valence-electron chi connectivity index (χ4n) is 3.17. The van der Waals surface area contributed by atoms with E-state index in [-0.39, 0.29) is 19.6 Å². The molecule has 0 radical (unpaired) electrons. The Morgan fingerprint density at radius 1 is 0.886 bits per heavy atom. The molecule has 0 saturated carbocycles. The van der Waals surface area contributed by atoms with Crippen LogP contribution in [0.3, 0.4) is 0 Å². The molecule has 0 spiro atoms. The van der Waals surface area contributed by atoms with Crippen molar-refractivity contribution in [1.82, 2.24) is 16.0 Å². The van der Waals surface area contributed by atoms with E-state index in [4.69, 9.17) is 9.47 Å². The van der Waals surface area contributed by atoms with Crippen molar-refractivity contribution in [2.75, 3.05) is 0 Å². The molecule has 2 aromatic carbocycles. The number of rotatable bonds is 10. The second-order valence-corrected chi connectivity index (χ2v) is 9.13. The minimum absolute atomic E-state index is 0.0137. The van der Waals surface area contributed by atoms with E-state index in [1.165, 1.54) is 24.3 Å². The molecule has 2 rings (SSSR count). The lowest BCUT2D eigenvalue weighted by atomic mass is 10.0. The van der Waals surface area contributed by atoms with Gasteiger partial charge >= 0.3 is 12.2 Å². The van der Waals surface area contributed by atoms with Crippen molar-refractivity contribution in [3.8, 4) is 0 Å². The average Bonchev–Trinajstić information content (AvgIpc) is 2.80. The third kappa shape index (κ3) is 9.64. The third-order valence-corrected chi connectivity index (χ3v) is 4.90. The summed E-state index contributed by atoms with van der Waals surface area (Å²) in [5, 5.41) is 7.82. The highest BCUT2D eigenvalue weighted by Crippen LogP contribution is 2.16. The maximum Gasteiger partial charge on any atom is 0.409 e. The van der Waals surface area contributed by atoms with Crippen molar-refractivity contribution in [2.24, 2.45) is 0 Å². The number of unbranched alkanes of at least 4 members (excludes halogenated alkanes) is 1. The van der Waals surface area contributed by atoms with Gasteiger partial charge in [-0.3, -0.25) is 15.4 Å². The Kier molecular flexibility index (Phi) is 10.1. The molecule has 190 valence electrons. The van der Waals surface area contributed by atoms with Crippen LogP contribution >= 0.6 is 0 Å². The van der Waals surface area contributed by atoms with Crippen LogP contribution in [0.5, 0.6) is 0 Å². The van der Waals surface area contributed by atoms with Crippen molar-refractivity contribution in [2.45, 2.75) is 71.4 Å². The van der Waals surface area contributed by atoms with E-state index in [1.807, 2.05) is 25.1 Å². The average molecular weight is 488 g/mol. The van der Waals surface area contributed by atoms with Crippen LogP contribution < -0.4 is 16.0 Å². The lowest BCUT2D eigenvalue weighted by molar-refractivity contribution is -0.129. The molecule has 0 bridgehead atoms. The van der Waals surface area contributed by atoms with Gasteiger partial charge in [-0.15, -0.1) is 0 Å². The van der Waals surface area contributed by atoms with Crippen LogP contribution in [-0.2, 0) is 27.4 Å². The van der Waals surface area contributed by atoms with Crippen molar-refractivity contribution in [3.05, 3.63) is 71.5 Å². The fraction of sp³-hybridized carbons (Fsp3) is 0.423.